The van der Waals surface area contributed by atoms with Crippen LogP contribution in [0.3, 0.4) is 0 Å². The summed E-state index contributed by atoms with van der Waals surface area (Å²) in [5.74, 6) is -0.201. The normalized spacial score (nSPS) is 22.3. The molecule has 0 bridgehead atoms. The first-order valence-electron chi connectivity index (χ1n) is 41.5. The number of hydrogen-bond donors (Lipinski definition) is 9. The second kappa shape index (κ2) is 67.8. The van der Waals surface area contributed by atoms with Crippen molar-refractivity contribution in [3.05, 3.63) is 60.8 Å². The van der Waals surface area contributed by atoms with Crippen molar-refractivity contribution in [2.45, 2.75) is 447 Å². The van der Waals surface area contributed by atoms with Gasteiger partial charge in [0, 0.05) is 6.42 Å². The van der Waals surface area contributed by atoms with Crippen LogP contribution in [0.1, 0.15) is 373 Å². The van der Waals surface area contributed by atoms with Gasteiger partial charge >= 0.3 is 0 Å². The molecule has 1 amide bonds. The van der Waals surface area contributed by atoms with Crippen LogP contribution in [-0.2, 0) is 23.7 Å². The lowest BCUT2D eigenvalue weighted by molar-refractivity contribution is -0.359. The fourth-order valence-corrected chi connectivity index (χ4v) is 13.7. The van der Waals surface area contributed by atoms with Crippen molar-refractivity contribution in [2.24, 2.45) is 0 Å². The smallest absolute Gasteiger partial charge is 0.220 e. The lowest BCUT2D eigenvalue weighted by Gasteiger charge is -2.46. The SMILES string of the molecule is CC/C=C\C/C=C\C/C=C\C/C=C\C/C=C\CCCCCCCCCCCCCCCCCCCC(=O)NC(COC1OC(CO)C(OC2OC(CO)C(O)C(O)C2O)C(O)C1O)C(O)CCCCCCCCCCCCCCCCCCCCCCCCCCCCCCCCC. The van der Waals surface area contributed by atoms with Gasteiger partial charge < -0.3 is 65.1 Å². The molecule has 0 aromatic rings. The molecule has 0 aromatic carbocycles. The maximum atomic E-state index is 13.4. The summed E-state index contributed by atoms with van der Waals surface area (Å²) in [4.78, 5) is 13.4. The molecule has 2 saturated heterocycles. The molecule has 0 saturated carbocycles. The van der Waals surface area contributed by atoms with Gasteiger partial charge in [0.1, 0.15) is 48.8 Å². The van der Waals surface area contributed by atoms with E-state index in [2.05, 4.69) is 79.9 Å². The molecule has 2 fully saturated rings. The molecule has 0 spiro atoms. The number of allylic oxidation sites excluding steroid dienone is 10. The fraction of sp³-hybridized carbons (Fsp3) is 0.869. The van der Waals surface area contributed by atoms with Gasteiger partial charge in [-0.1, -0.05) is 370 Å². The highest BCUT2D eigenvalue weighted by Gasteiger charge is 2.51. The van der Waals surface area contributed by atoms with Gasteiger partial charge in [0.2, 0.25) is 5.91 Å². The minimum absolute atomic E-state index is 0.201. The van der Waals surface area contributed by atoms with E-state index >= 15 is 0 Å². The van der Waals surface area contributed by atoms with E-state index < -0.39 is 86.8 Å². The van der Waals surface area contributed by atoms with Gasteiger partial charge in [-0.25, -0.2) is 0 Å². The Morgan fingerprint density at radius 2 is 0.704 bits per heavy atom. The van der Waals surface area contributed by atoms with E-state index in [0.29, 0.717) is 12.8 Å². The van der Waals surface area contributed by atoms with E-state index in [-0.39, 0.29) is 12.5 Å². The van der Waals surface area contributed by atoms with Gasteiger partial charge in [-0.3, -0.25) is 4.79 Å². The third-order valence-corrected chi connectivity index (χ3v) is 20.2. The van der Waals surface area contributed by atoms with Crippen LogP contribution in [0.5, 0.6) is 0 Å². The maximum absolute atomic E-state index is 13.4. The first kappa shape index (κ1) is 91.8. The molecule has 2 aliphatic heterocycles. The van der Waals surface area contributed by atoms with E-state index in [1.165, 1.54) is 263 Å². The Morgan fingerprint density at radius 3 is 1.08 bits per heavy atom. The minimum atomic E-state index is -1.78. The Hall–Kier alpha value is -2.31. The molecule has 9 N–H and O–H groups in total. The largest absolute Gasteiger partial charge is 0.394 e. The predicted octanol–water partition coefficient (Wildman–Crippen LogP) is 19.1. The summed E-state index contributed by atoms with van der Waals surface area (Å²) in [6.45, 7) is 2.81. The summed E-state index contributed by atoms with van der Waals surface area (Å²) in [6, 6.07) is -0.832. The molecule has 0 aromatic heterocycles. The number of nitrogens with one attached hydrogen (secondary N) is 1. The van der Waals surface area contributed by atoms with Crippen molar-refractivity contribution >= 4 is 5.91 Å². The van der Waals surface area contributed by atoms with Crippen LogP contribution in [0.25, 0.3) is 0 Å². The molecule has 14 heteroatoms. The summed E-state index contributed by atoms with van der Waals surface area (Å²) in [5.41, 5.74) is 0. The topological polar surface area (TPSA) is 228 Å². The molecule has 14 nitrogen and oxygen atoms in total. The van der Waals surface area contributed by atoms with Crippen LogP contribution in [0.15, 0.2) is 60.8 Å². The van der Waals surface area contributed by atoms with E-state index in [9.17, 15) is 45.6 Å². The first-order valence-corrected chi connectivity index (χ1v) is 41.5. The van der Waals surface area contributed by atoms with Crippen LogP contribution >= 0.6 is 0 Å². The number of aliphatic hydroxyl groups is 8. The van der Waals surface area contributed by atoms with Gasteiger partial charge in [-0.15, -0.1) is 0 Å². The number of unbranched alkanes of at least 4 members (excludes halogenated alkanes) is 47. The molecule has 2 rings (SSSR count). The zero-order valence-electron chi connectivity index (χ0n) is 63.0. The zero-order chi connectivity index (χ0) is 70.8. The Labute approximate surface area is 600 Å². The molecule has 2 aliphatic rings. The lowest BCUT2D eigenvalue weighted by Crippen LogP contribution is -2.65. The minimum Gasteiger partial charge on any atom is -0.394 e. The van der Waals surface area contributed by atoms with Crippen LogP contribution in [-0.4, -0.2) is 140 Å². The quantitative estimate of drug-likeness (QED) is 0.0204. The highest BCUT2D eigenvalue weighted by atomic mass is 16.7. The first-order chi connectivity index (χ1) is 48.1. The number of carbonyl (C=O) groups is 1. The van der Waals surface area contributed by atoms with Crippen molar-refractivity contribution in [1.29, 1.82) is 0 Å². The predicted molar refractivity (Wildman–Crippen MR) is 406 cm³/mol. The maximum Gasteiger partial charge on any atom is 0.220 e. The molecular weight excluding hydrogens is 1230 g/mol. The highest BCUT2D eigenvalue weighted by Crippen LogP contribution is 2.30. The number of rotatable bonds is 70. The Balaban J connectivity index is 1.59. The standard InChI is InChI=1S/C84H155NO13/c1-3-5-7-9-11-13-15-17-19-21-23-25-27-29-31-33-35-36-38-40-42-44-46-48-50-52-54-56-58-60-62-64-66-68-76(89)85-72(71-95-83-81(94)79(92)82(75(70-87)97-83)98-84-80(93)78(91)77(90)74(69-86)96-84)73(88)67-65-63-61-59-57-55-53-51-49-47-45-43-41-39-37-34-32-30-28-26-24-22-20-18-16-14-12-10-8-6-4-2/h5,7,11,13,17,19,23,25,29,31,72-75,77-84,86-88,90-94H,3-4,6,8-10,12,14-16,18,20-22,24,26-28,30,32-71H2,1-2H3,(H,85,89)/b7-5-,13-11-,19-17-,25-23-,31-29-. The summed E-state index contributed by atoms with van der Waals surface area (Å²) in [5, 5.41) is 87.9. The third-order valence-electron chi connectivity index (χ3n) is 20.2. The lowest BCUT2D eigenvalue weighted by atomic mass is 9.97. The Kier molecular flexibility index (Phi) is 63.5. The highest BCUT2D eigenvalue weighted by molar-refractivity contribution is 5.76. The molecule has 0 aliphatic carbocycles. The van der Waals surface area contributed by atoms with E-state index in [1.54, 1.807) is 0 Å². The van der Waals surface area contributed by atoms with Gasteiger partial charge in [0.25, 0.3) is 0 Å². The molecular formula is C84H155NO13. The molecule has 98 heavy (non-hydrogen) atoms. The van der Waals surface area contributed by atoms with E-state index in [4.69, 9.17) is 18.9 Å². The second-order valence-electron chi connectivity index (χ2n) is 29.2. The van der Waals surface area contributed by atoms with Crippen LogP contribution in [0.4, 0.5) is 0 Å². The van der Waals surface area contributed by atoms with Crippen molar-refractivity contribution in [3.63, 3.8) is 0 Å². The second-order valence-corrected chi connectivity index (χ2v) is 29.2. The molecule has 12 atom stereocenters. The molecule has 574 valence electrons. The number of hydrogen-bond acceptors (Lipinski definition) is 13. The summed E-state index contributed by atoms with van der Waals surface area (Å²) in [7, 11) is 0. The van der Waals surface area contributed by atoms with Crippen molar-refractivity contribution in [2.75, 3.05) is 19.8 Å². The van der Waals surface area contributed by atoms with Gasteiger partial charge in [0.05, 0.1) is 32.0 Å². The van der Waals surface area contributed by atoms with Gasteiger partial charge in [0.15, 0.2) is 12.6 Å². The summed E-state index contributed by atoms with van der Waals surface area (Å²) >= 11 is 0. The zero-order valence-corrected chi connectivity index (χ0v) is 63.0. The van der Waals surface area contributed by atoms with Gasteiger partial charge in [-0.05, 0) is 57.8 Å². The van der Waals surface area contributed by atoms with E-state index in [1.807, 2.05) is 0 Å². The van der Waals surface area contributed by atoms with Crippen LogP contribution < -0.4 is 5.32 Å². The fourth-order valence-electron chi connectivity index (χ4n) is 13.7. The molecule has 0 radical (unpaired) electrons. The average molecular weight is 1390 g/mol. The third kappa shape index (κ3) is 50.2. The molecule has 12 unspecified atom stereocenters. The number of carbonyl (C=O) groups excluding carboxylic acids is 1. The van der Waals surface area contributed by atoms with Crippen LogP contribution in [0.2, 0.25) is 0 Å². The Bertz CT molecular complexity index is 1880. The average Bonchev–Trinajstić information content (AvgIpc) is 0.793. The van der Waals surface area contributed by atoms with Crippen molar-refractivity contribution in [3.8, 4) is 0 Å². The Morgan fingerprint density at radius 1 is 0.378 bits per heavy atom. The van der Waals surface area contributed by atoms with E-state index in [0.717, 1.165) is 83.5 Å². The molecule has 2 heterocycles. The van der Waals surface area contributed by atoms with Crippen molar-refractivity contribution < 1.29 is 64.6 Å². The van der Waals surface area contributed by atoms with Crippen LogP contribution in [0, 0.1) is 0 Å². The monoisotopic (exact) mass is 1390 g/mol. The van der Waals surface area contributed by atoms with Crippen molar-refractivity contribution in [1.82, 2.24) is 5.32 Å². The summed E-state index contributed by atoms with van der Waals surface area (Å²) < 4.78 is 23.0. The van der Waals surface area contributed by atoms with Gasteiger partial charge in [-0.2, -0.15) is 0 Å². The number of aliphatic hydroxyl groups excluding tert-OH is 8. The summed E-state index contributed by atoms with van der Waals surface area (Å²) in [6.07, 6.45) is 75.5. The number of ether oxygens (including phenoxy) is 4. The number of amides is 1.